The first kappa shape index (κ1) is 14.8. The second-order valence-corrected chi connectivity index (χ2v) is 6.66. The Morgan fingerprint density at radius 2 is 2.21 bits per heavy atom. The number of halogens is 2. The summed E-state index contributed by atoms with van der Waals surface area (Å²) in [7, 11) is 0. The molecule has 1 aliphatic rings. The number of hydrogen-bond donors (Lipinski definition) is 1. The van der Waals surface area contributed by atoms with E-state index in [2.05, 4.69) is 42.0 Å². The third-order valence-corrected chi connectivity index (χ3v) is 4.47. The summed E-state index contributed by atoms with van der Waals surface area (Å²) in [6.45, 7) is 7.52. The van der Waals surface area contributed by atoms with Gasteiger partial charge in [-0.15, -0.1) is 0 Å². The molecule has 0 amide bonds. The van der Waals surface area contributed by atoms with Gasteiger partial charge < -0.3 is 10.1 Å². The zero-order valence-corrected chi connectivity index (χ0v) is 13.3. The second-order valence-electron chi connectivity index (χ2n) is 5.75. The first-order chi connectivity index (χ1) is 8.95. The molecule has 2 nitrogen and oxygen atoms in total. The molecule has 2 atom stereocenters. The van der Waals surface area contributed by atoms with Crippen LogP contribution in [0.4, 0.5) is 4.39 Å². The summed E-state index contributed by atoms with van der Waals surface area (Å²) in [6, 6.07) is 5.25. The highest BCUT2D eigenvalue weighted by Crippen LogP contribution is 2.43. The minimum absolute atomic E-state index is 0.0317. The zero-order valence-electron chi connectivity index (χ0n) is 11.7. The van der Waals surface area contributed by atoms with Crippen molar-refractivity contribution in [2.45, 2.75) is 45.8 Å². The molecule has 0 bridgehead atoms. The van der Waals surface area contributed by atoms with Crippen molar-refractivity contribution in [3.05, 3.63) is 28.5 Å². The van der Waals surface area contributed by atoms with E-state index in [1.165, 1.54) is 6.07 Å². The van der Waals surface area contributed by atoms with Crippen molar-refractivity contribution in [1.82, 2.24) is 5.32 Å². The zero-order chi connectivity index (χ0) is 14.0. The third-order valence-electron chi connectivity index (χ3n) is 3.98. The molecular formula is C15H21BrFNO. The summed E-state index contributed by atoms with van der Waals surface area (Å²) < 4.78 is 20.4. The lowest BCUT2D eigenvalue weighted by Crippen LogP contribution is -2.62. The van der Waals surface area contributed by atoms with Crippen molar-refractivity contribution < 1.29 is 9.13 Å². The Bertz CT molecular complexity index is 450. The summed E-state index contributed by atoms with van der Waals surface area (Å²) in [5, 5.41) is 3.52. The van der Waals surface area contributed by atoms with E-state index < -0.39 is 0 Å². The molecular weight excluding hydrogens is 309 g/mol. The molecule has 0 heterocycles. The average molecular weight is 330 g/mol. The predicted molar refractivity (Wildman–Crippen MR) is 79.0 cm³/mol. The van der Waals surface area contributed by atoms with Crippen LogP contribution in [0.25, 0.3) is 0 Å². The highest BCUT2D eigenvalue weighted by atomic mass is 79.9. The Morgan fingerprint density at radius 1 is 1.47 bits per heavy atom. The number of benzene rings is 1. The summed E-state index contributed by atoms with van der Waals surface area (Å²) in [4.78, 5) is 0. The van der Waals surface area contributed by atoms with Gasteiger partial charge in [-0.3, -0.25) is 0 Å². The van der Waals surface area contributed by atoms with Crippen LogP contribution in [0.2, 0.25) is 0 Å². The summed E-state index contributed by atoms with van der Waals surface area (Å²) >= 11 is 3.34. The van der Waals surface area contributed by atoms with E-state index in [0.29, 0.717) is 11.8 Å². The molecule has 2 unspecified atom stereocenters. The highest BCUT2D eigenvalue weighted by molar-refractivity contribution is 9.10. The van der Waals surface area contributed by atoms with E-state index in [9.17, 15) is 4.39 Å². The lowest BCUT2D eigenvalue weighted by Gasteiger charge is -2.51. The number of hydrogen-bond acceptors (Lipinski definition) is 2. The van der Waals surface area contributed by atoms with Crippen molar-refractivity contribution in [3.63, 3.8) is 0 Å². The van der Waals surface area contributed by atoms with Gasteiger partial charge in [-0.05, 0) is 31.2 Å². The molecule has 1 aromatic rings. The fourth-order valence-corrected chi connectivity index (χ4v) is 2.81. The van der Waals surface area contributed by atoms with Crippen LogP contribution in [0, 0.1) is 11.2 Å². The van der Waals surface area contributed by atoms with Crippen LogP contribution in [0.5, 0.6) is 5.75 Å². The van der Waals surface area contributed by atoms with E-state index in [-0.39, 0.29) is 17.3 Å². The summed E-state index contributed by atoms with van der Waals surface area (Å²) in [5.74, 6) is 0.0327. The van der Waals surface area contributed by atoms with Gasteiger partial charge in [0.05, 0.1) is 0 Å². The standard InChI is InChI=1S/C15H21BrFNO/c1-4-7-18-13-9-14(15(13,2)3)19-12-8-10(16)5-6-11(12)17/h5-6,8,13-14,18H,4,7,9H2,1-3H3. The highest BCUT2D eigenvalue weighted by Gasteiger charge is 2.49. The molecule has 0 aliphatic heterocycles. The third kappa shape index (κ3) is 3.11. The smallest absolute Gasteiger partial charge is 0.165 e. The Balaban J connectivity index is 2.00. The van der Waals surface area contributed by atoms with Crippen LogP contribution in [-0.4, -0.2) is 18.7 Å². The van der Waals surface area contributed by atoms with Gasteiger partial charge in [0, 0.05) is 22.4 Å². The Hall–Kier alpha value is -0.610. The van der Waals surface area contributed by atoms with Crippen LogP contribution in [0.15, 0.2) is 22.7 Å². The molecule has 19 heavy (non-hydrogen) atoms. The first-order valence-corrected chi connectivity index (χ1v) is 7.59. The minimum atomic E-state index is -0.302. The van der Waals surface area contributed by atoms with Crippen LogP contribution in [0.3, 0.4) is 0 Å². The van der Waals surface area contributed by atoms with Crippen LogP contribution in [0.1, 0.15) is 33.6 Å². The quantitative estimate of drug-likeness (QED) is 0.876. The normalized spacial score (nSPS) is 24.9. The lowest BCUT2D eigenvalue weighted by molar-refractivity contribution is -0.0563. The van der Waals surface area contributed by atoms with E-state index >= 15 is 0 Å². The van der Waals surface area contributed by atoms with Crippen molar-refractivity contribution in [2.24, 2.45) is 5.41 Å². The fraction of sp³-hybridized carbons (Fsp3) is 0.600. The van der Waals surface area contributed by atoms with E-state index in [1.54, 1.807) is 12.1 Å². The predicted octanol–water partition coefficient (Wildman–Crippen LogP) is 4.13. The second kappa shape index (κ2) is 5.80. The van der Waals surface area contributed by atoms with E-state index in [4.69, 9.17) is 4.74 Å². The van der Waals surface area contributed by atoms with Gasteiger partial charge in [-0.2, -0.15) is 0 Å². The maximum absolute atomic E-state index is 13.7. The Morgan fingerprint density at radius 3 is 2.84 bits per heavy atom. The number of nitrogens with one attached hydrogen (secondary N) is 1. The number of rotatable bonds is 5. The van der Waals surface area contributed by atoms with Gasteiger partial charge >= 0.3 is 0 Å². The van der Waals surface area contributed by atoms with Gasteiger partial charge in [-0.1, -0.05) is 36.7 Å². The van der Waals surface area contributed by atoms with Crippen LogP contribution < -0.4 is 10.1 Å². The Labute approximate surface area is 122 Å². The average Bonchev–Trinajstić information content (AvgIpc) is 2.36. The summed E-state index contributed by atoms with van der Waals surface area (Å²) in [6.07, 6.45) is 2.11. The van der Waals surface area contributed by atoms with Gasteiger partial charge in [0.15, 0.2) is 11.6 Å². The van der Waals surface area contributed by atoms with E-state index in [1.807, 2.05) is 0 Å². The van der Waals surface area contributed by atoms with Crippen molar-refractivity contribution >= 4 is 15.9 Å². The van der Waals surface area contributed by atoms with Crippen molar-refractivity contribution in [1.29, 1.82) is 0 Å². The molecule has 1 fully saturated rings. The topological polar surface area (TPSA) is 21.3 Å². The fourth-order valence-electron chi connectivity index (χ4n) is 2.47. The molecule has 2 rings (SSSR count). The molecule has 0 saturated heterocycles. The molecule has 0 aromatic heterocycles. The molecule has 1 saturated carbocycles. The van der Waals surface area contributed by atoms with Crippen molar-refractivity contribution in [2.75, 3.05) is 6.54 Å². The maximum Gasteiger partial charge on any atom is 0.165 e. The molecule has 1 aliphatic carbocycles. The Kier molecular flexibility index (Phi) is 4.51. The molecule has 4 heteroatoms. The van der Waals surface area contributed by atoms with Crippen LogP contribution in [-0.2, 0) is 0 Å². The molecule has 1 N–H and O–H groups in total. The van der Waals surface area contributed by atoms with Gasteiger partial charge in [0.2, 0.25) is 0 Å². The van der Waals surface area contributed by atoms with Gasteiger partial charge in [0.1, 0.15) is 6.10 Å². The largest absolute Gasteiger partial charge is 0.487 e. The van der Waals surface area contributed by atoms with Gasteiger partial charge in [0.25, 0.3) is 0 Å². The van der Waals surface area contributed by atoms with Crippen molar-refractivity contribution in [3.8, 4) is 5.75 Å². The molecule has 1 aromatic carbocycles. The SMILES string of the molecule is CCCNC1CC(Oc2cc(Br)ccc2F)C1(C)C. The number of ether oxygens (including phenoxy) is 1. The molecule has 0 radical (unpaired) electrons. The summed E-state index contributed by atoms with van der Waals surface area (Å²) in [5.41, 5.74) is 0.0317. The first-order valence-electron chi connectivity index (χ1n) is 6.80. The maximum atomic E-state index is 13.7. The monoisotopic (exact) mass is 329 g/mol. The van der Waals surface area contributed by atoms with E-state index in [0.717, 1.165) is 23.9 Å². The lowest BCUT2D eigenvalue weighted by atomic mass is 9.64. The van der Waals surface area contributed by atoms with Crippen LogP contribution >= 0.6 is 15.9 Å². The minimum Gasteiger partial charge on any atom is -0.487 e. The molecule has 0 spiro atoms. The van der Waals surface area contributed by atoms with Gasteiger partial charge in [-0.25, -0.2) is 4.39 Å². The molecule has 106 valence electrons.